The van der Waals surface area contributed by atoms with E-state index in [1.807, 2.05) is 0 Å². The summed E-state index contributed by atoms with van der Waals surface area (Å²) in [4.78, 5) is 2.62. The molecule has 4 nitrogen and oxygen atoms in total. The van der Waals surface area contributed by atoms with E-state index in [2.05, 4.69) is 4.98 Å². The topological polar surface area (TPSA) is 67.3 Å². The van der Waals surface area contributed by atoms with Gasteiger partial charge in [0.1, 0.15) is 4.90 Å². The van der Waals surface area contributed by atoms with Crippen LogP contribution in [0.25, 0.3) is 10.8 Å². The van der Waals surface area contributed by atoms with Crippen LogP contribution < -0.4 is 0 Å². The van der Waals surface area contributed by atoms with Crippen LogP contribution in [0.3, 0.4) is 0 Å². The molecule has 0 spiro atoms. The molecule has 1 N–H and O–H groups in total. The molecule has 9 heteroatoms. The molecule has 0 bridgehead atoms. The summed E-state index contributed by atoms with van der Waals surface area (Å²) >= 11 is 0. The van der Waals surface area contributed by atoms with Crippen molar-refractivity contribution in [3.63, 3.8) is 0 Å². The summed E-state index contributed by atoms with van der Waals surface area (Å²) in [5, 5.41) is -0.595. The number of pyridine rings is 1. The molecule has 1 aromatic carbocycles. The van der Waals surface area contributed by atoms with Gasteiger partial charge in [0.15, 0.2) is 0 Å². The van der Waals surface area contributed by atoms with Crippen molar-refractivity contribution in [1.82, 2.24) is 4.98 Å². The number of fused-ring (bicyclic) bond motifs is 1. The number of benzene rings is 1. The number of hydrogen-bond donors (Lipinski definition) is 1. The molecular weight excluding hydrogens is 307 g/mol. The van der Waals surface area contributed by atoms with Gasteiger partial charge in [-0.05, 0) is 6.07 Å². The Hall–Kier alpha value is -1.38. The van der Waals surface area contributed by atoms with Crippen LogP contribution in [-0.2, 0) is 16.3 Å². The second-order valence-electron chi connectivity index (χ2n) is 3.51. The molecule has 1 aromatic heterocycles. The van der Waals surface area contributed by atoms with Gasteiger partial charge in [-0.2, -0.15) is 21.6 Å². The van der Waals surface area contributed by atoms with Crippen LogP contribution in [0.1, 0.15) is 5.56 Å². The molecule has 0 saturated heterocycles. The number of nitrogens with zero attached hydrogens (tertiary/aromatic N) is 1. The number of aromatic nitrogens is 1. The largest absolute Gasteiger partial charge is 0.418 e. The van der Waals surface area contributed by atoms with Gasteiger partial charge in [-0.25, -0.2) is 0 Å². The maximum absolute atomic E-state index is 12.8. The fourth-order valence-electron chi connectivity index (χ4n) is 1.63. The molecular formula is C10H7ClF3NO3S. The van der Waals surface area contributed by atoms with E-state index in [0.717, 1.165) is 12.3 Å². The summed E-state index contributed by atoms with van der Waals surface area (Å²) in [7, 11) is -4.74. The molecule has 0 aliphatic heterocycles. The maximum Gasteiger partial charge on any atom is 0.418 e. The summed E-state index contributed by atoms with van der Waals surface area (Å²) < 4.78 is 69.5. The lowest BCUT2D eigenvalue weighted by atomic mass is 10.1. The fourth-order valence-corrected chi connectivity index (χ4v) is 2.37. The van der Waals surface area contributed by atoms with Gasteiger partial charge in [-0.15, -0.1) is 12.4 Å². The Kier molecular flexibility index (Phi) is 4.08. The standard InChI is InChI=1S/C10H6F3NO3S.ClH/c11-10(12,13)7-5-14-4-6-2-1-3-8(9(6)7)18(15,16)17;/h1-5H,(H,15,16,17);1H. The highest BCUT2D eigenvalue weighted by Crippen LogP contribution is 2.36. The average molecular weight is 314 g/mol. The third kappa shape index (κ3) is 2.96. The maximum atomic E-state index is 12.8. The lowest BCUT2D eigenvalue weighted by Crippen LogP contribution is -2.09. The van der Waals surface area contributed by atoms with Gasteiger partial charge in [-0.1, -0.05) is 12.1 Å². The van der Waals surface area contributed by atoms with E-state index in [0.29, 0.717) is 6.20 Å². The monoisotopic (exact) mass is 313 g/mol. The number of hydrogen-bond acceptors (Lipinski definition) is 3. The van der Waals surface area contributed by atoms with E-state index >= 15 is 0 Å². The van der Waals surface area contributed by atoms with Gasteiger partial charge in [0.25, 0.3) is 10.1 Å². The summed E-state index contributed by atoms with van der Waals surface area (Å²) in [6.07, 6.45) is -3.14. The number of halogens is 4. The summed E-state index contributed by atoms with van der Waals surface area (Å²) in [6.45, 7) is 0. The van der Waals surface area contributed by atoms with Gasteiger partial charge in [0.2, 0.25) is 0 Å². The van der Waals surface area contributed by atoms with Gasteiger partial charge in [0.05, 0.1) is 5.56 Å². The molecule has 1 heterocycles. The Labute approximate surface area is 112 Å². The zero-order valence-electron chi connectivity index (χ0n) is 9.05. The Morgan fingerprint density at radius 2 is 1.79 bits per heavy atom. The van der Waals surface area contributed by atoms with Crippen LogP contribution in [0.15, 0.2) is 35.5 Å². The molecule has 0 amide bonds. The second-order valence-corrected chi connectivity index (χ2v) is 4.90. The highest BCUT2D eigenvalue weighted by atomic mass is 35.5. The van der Waals surface area contributed by atoms with Crippen molar-refractivity contribution in [1.29, 1.82) is 0 Å². The summed E-state index contributed by atoms with van der Waals surface area (Å²) in [5.41, 5.74) is -1.20. The van der Waals surface area contributed by atoms with Crippen LogP contribution in [0, 0.1) is 0 Å². The van der Waals surface area contributed by atoms with Crippen molar-refractivity contribution >= 4 is 33.3 Å². The molecule has 0 fully saturated rings. The Morgan fingerprint density at radius 3 is 2.32 bits per heavy atom. The number of alkyl halides is 3. The van der Waals surface area contributed by atoms with E-state index in [9.17, 15) is 21.6 Å². The third-order valence-electron chi connectivity index (χ3n) is 2.33. The lowest BCUT2D eigenvalue weighted by molar-refractivity contribution is -0.136. The molecule has 0 unspecified atom stereocenters. The van der Waals surface area contributed by atoms with Crippen molar-refractivity contribution in [2.75, 3.05) is 0 Å². The molecule has 0 saturated carbocycles. The summed E-state index contributed by atoms with van der Waals surface area (Å²) in [5.74, 6) is 0. The van der Waals surface area contributed by atoms with Crippen LogP contribution in [-0.4, -0.2) is 18.0 Å². The zero-order valence-corrected chi connectivity index (χ0v) is 10.7. The Bertz CT molecular complexity index is 710. The molecule has 0 aliphatic rings. The van der Waals surface area contributed by atoms with Crippen LogP contribution >= 0.6 is 12.4 Å². The van der Waals surface area contributed by atoms with Gasteiger partial charge >= 0.3 is 6.18 Å². The number of rotatable bonds is 1. The average Bonchev–Trinajstić information content (AvgIpc) is 2.24. The van der Waals surface area contributed by atoms with Crippen molar-refractivity contribution < 1.29 is 26.1 Å². The highest BCUT2D eigenvalue weighted by molar-refractivity contribution is 7.86. The highest BCUT2D eigenvalue weighted by Gasteiger charge is 2.35. The van der Waals surface area contributed by atoms with Crippen LogP contribution in [0.5, 0.6) is 0 Å². The molecule has 0 radical (unpaired) electrons. The van der Waals surface area contributed by atoms with Crippen molar-refractivity contribution in [3.05, 3.63) is 36.2 Å². The normalized spacial score (nSPS) is 12.2. The van der Waals surface area contributed by atoms with E-state index in [1.54, 1.807) is 0 Å². The van der Waals surface area contributed by atoms with Crippen LogP contribution in [0.2, 0.25) is 0 Å². The molecule has 2 aromatic rings. The minimum atomic E-state index is -4.76. The van der Waals surface area contributed by atoms with E-state index < -0.39 is 32.1 Å². The van der Waals surface area contributed by atoms with Crippen molar-refractivity contribution in [2.45, 2.75) is 11.1 Å². The van der Waals surface area contributed by atoms with Crippen molar-refractivity contribution in [2.24, 2.45) is 0 Å². The predicted molar refractivity (Wildman–Crippen MR) is 63.8 cm³/mol. The second kappa shape index (κ2) is 4.95. The van der Waals surface area contributed by atoms with Gasteiger partial charge in [0, 0.05) is 23.2 Å². The predicted octanol–water partition coefficient (Wildman–Crippen LogP) is 2.92. The Morgan fingerprint density at radius 1 is 1.16 bits per heavy atom. The minimum Gasteiger partial charge on any atom is -0.282 e. The lowest BCUT2D eigenvalue weighted by Gasteiger charge is -2.11. The molecule has 19 heavy (non-hydrogen) atoms. The Balaban J connectivity index is 0.00000180. The van der Waals surface area contributed by atoms with Gasteiger partial charge < -0.3 is 0 Å². The first kappa shape index (κ1) is 15.7. The van der Waals surface area contributed by atoms with Crippen molar-refractivity contribution in [3.8, 4) is 0 Å². The molecule has 2 rings (SSSR count). The fraction of sp³-hybridized carbons (Fsp3) is 0.100. The van der Waals surface area contributed by atoms with Crippen LogP contribution in [0.4, 0.5) is 13.2 Å². The molecule has 104 valence electrons. The van der Waals surface area contributed by atoms with Gasteiger partial charge in [-0.3, -0.25) is 9.54 Å². The van der Waals surface area contributed by atoms with E-state index in [4.69, 9.17) is 4.55 Å². The SMILES string of the molecule is Cl.O=S(=O)(O)c1cccc2cncc(C(F)(F)F)c12. The van der Waals surface area contributed by atoms with E-state index in [1.165, 1.54) is 12.1 Å². The first-order valence-corrected chi connectivity index (χ1v) is 6.06. The quantitative estimate of drug-likeness (QED) is 0.822. The smallest absolute Gasteiger partial charge is 0.282 e. The van der Waals surface area contributed by atoms with E-state index in [-0.39, 0.29) is 17.8 Å². The first-order chi connectivity index (χ1) is 8.21. The zero-order chi connectivity index (χ0) is 13.6. The summed E-state index contributed by atoms with van der Waals surface area (Å²) in [6, 6.07) is 3.42. The minimum absolute atomic E-state index is 0. The molecule has 0 atom stereocenters. The third-order valence-corrected chi connectivity index (χ3v) is 3.22. The first-order valence-electron chi connectivity index (χ1n) is 4.62. The molecule has 0 aliphatic carbocycles.